The Hall–Kier alpha value is -2.86. The minimum atomic E-state index is -0.0724. The second-order valence-electron chi connectivity index (χ2n) is 7.46. The lowest BCUT2D eigenvalue weighted by molar-refractivity contribution is 0.187. The van der Waals surface area contributed by atoms with Gasteiger partial charge >= 0.3 is 6.03 Å². The molecule has 0 atom stereocenters. The Morgan fingerprint density at radius 2 is 1.93 bits per heavy atom. The lowest BCUT2D eigenvalue weighted by Crippen LogP contribution is -2.40. The average Bonchev–Trinajstić information content (AvgIpc) is 3.21. The number of nitrogens with one attached hydrogen (secondary N) is 1. The van der Waals surface area contributed by atoms with Crippen LogP contribution in [0.4, 0.5) is 10.5 Å². The zero-order chi connectivity index (χ0) is 20.4. The summed E-state index contributed by atoms with van der Waals surface area (Å²) < 4.78 is 5.49. The molecule has 1 aromatic heterocycles. The van der Waals surface area contributed by atoms with E-state index in [4.69, 9.17) is 16.1 Å². The fourth-order valence-electron chi connectivity index (χ4n) is 3.50. The first-order valence-electron chi connectivity index (χ1n) is 9.72. The second kappa shape index (κ2) is 8.25. The van der Waals surface area contributed by atoms with Crippen LogP contribution in [0.2, 0.25) is 5.02 Å². The van der Waals surface area contributed by atoms with Gasteiger partial charge in [0.25, 0.3) is 0 Å². The number of amides is 2. The van der Waals surface area contributed by atoms with E-state index in [9.17, 15) is 4.79 Å². The van der Waals surface area contributed by atoms with Crippen molar-refractivity contribution in [3.8, 4) is 11.4 Å². The maximum absolute atomic E-state index is 12.6. The number of likely N-dealkylation sites (tertiary alicyclic amines) is 1. The summed E-state index contributed by atoms with van der Waals surface area (Å²) in [5.74, 6) is 1.31. The van der Waals surface area contributed by atoms with Crippen molar-refractivity contribution in [2.24, 2.45) is 0 Å². The van der Waals surface area contributed by atoms with Crippen molar-refractivity contribution in [2.75, 3.05) is 18.4 Å². The Morgan fingerprint density at radius 3 is 2.66 bits per heavy atom. The fourth-order valence-corrected chi connectivity index (χ4v) is 3.69. The van der Waals surface area contributed by atoms with E-state index in [0.29, 0.717) is 29.8 Å². The number of rotatable bonds is 3. The smallest absolute Gasteiger partial charge is 0.321 e. The molecule has 1 aliphatic heterocycles. The van der Waals surface area contributed by atoms with Crippen LogP contribution in [-0.4, -0.2) is 34.2 Å². The van der Waals surface area contributed by atoms with Crippen molar-refractivity contribution in [3.63, 3.8) is 0 Å². The molecule has 0 unspecified atom stereocenters. The number of aromatic nitrogens is 2. The number of carbonyl (C=O) groups excluding carboxylic acids is 1. The average molecular weight is 411 g/mol. The molecule has 4 rings (SSSR count). The van der Waals surface area contributed by atoms with Gasteiger partial charge in [-0.05, 0) is 62.1 Å². The summed E-state index contributed by atoms with van der Waals surface area (Å²) in [6.45, 7) is 5.39. The quantitative estimate of drug-likeness (QED) is 0.625. The van der Waals surface area contributed by atoms with E-state index in [1.165, 1.54) is 5.56 Å². The Bertz CT molecular complexity index is 1030. The molecular formula is C22H23ClN4O2. The van der Waals surface area contributed by atoms with Crippen molar-refractivity contribution in [3.05, 3.63) is 64.5 Å². The van der Waals surface area contributed by atoms with Crippen molar-refractivity contribution in [1.29, 1.82) is 0 Å². The zero-order valence-corrected chi connectivity index (χ0v) is 17.2. The molecule has 2 heterocycles. The molecule has 0 saturated carbocycles. The number of aryl methyl sites for hydroxylation is 2. The molecule has 1 aliphatic rings. The molecule has 29 heavy (non-hydrogen) atoms. The van der Waals surface area contributed by atoms with E-state index in [-0.39, 0.29) is 11.9 Å². The van der Waals surface area contributed by atoms with E-state index in [1.807, 2.05) is 54.3 Å². The third-order valence-corrected chi connectivity index (χ3v) is 5.65. The summed E-state index contributed by atoms with van der Waals surface area (Å²) in [6, 6.07) is 13.3. The molecule has 0 spiro atoms. The van der Waals surface area contributed by atoms with Crippen LogP contribution in [0.1, 0.15) is 35.8 Å². The highest BCUT2D eigenvalue weighted by molar-refractivity contribution is 6.30. The van der Waals surface area contributed by atoms with Crippen LogP contribution < -0.4 is 5.32 Å². The minimum Gasteiger partial charge on any atom is -0.339 e. The number of urea groups is 1. The van der Waals surface area contributed by atoms with Gasteiger partial charge in [-0.2, -0.15) is 4.98 Å². The van der Waals surface area contributed by atoms with Gasteiger partial charge in [0.2, 0.25) is 11.7 Å². The van der Waals surface area contributed by atoms with Gasteiger partial charge in [-0.25, -0.2) is 4.79 Å². The van der Waals surface area contributed by atoms with Crippen LogP contribution in [0.15, 0.2) is 47.0 Å². The van der Waals surface area contributed by atoms with Crippen molar-refractivity contribution >= 4 is 23.3 Å². The summed E-state index contributed by atoms with van der Waals surface area (Å²) in [5, 5.41) is 7.71. The number of hydrogen-bond acceptors (Lipinski definition) is 4. The number of halogens is 1. The molecular weight excluding hydrogens is 388 g/mol. The van der Waals surface area contributed by atoms with Crippen LogP contribution >= 0.6 is 11.6 Å². The summed E-state index contributed by atoms with van der Waals surface area (Å²) in [5.41, 5.74) is 4.02. The van der Waals surface area contributed by atoms with E-state index in [0.717, 1.165) is 29.7 Å². The SMILES string of the molecule is Cc1ccc(NC(=O)N2CCC(c3nc(-c4cccc(Cl)c4)no3)CC2)cc1C. The lowest BCUT2D eigenvalue weighted by Gasteiger charge is -2.30. The van der Waals surface area contributed by atoms with Gasteiger partial charge in [-0.15, -0.1) is 0 Å². The predicted octanol–water partition coefficient (Wildman–Crippen LogP) is 5.42. The molecule has 2 amide bonds. The van der Waals surface area contributed by atoms with Crippen molar-refractivity contribution in [1.82, 2.24) is 15.0 Å². The first-order chi connectivity index (χ1) is 14.0. The van der Waals surface area contributed by atoms with Crippen LogP contribution in [-0.2, 0) is 0 Å². The van der Waals surface area contributed by atoms with E-state index in [1.54, 1.807) is 0 Å². The highest BCUT2D eigenvalue weighted by atomic mass is 35.5. The van der Waals surface area contributed by atoms with Gasteiger partial charge in [0.1, 0.15) is 0 Å². The topological polar surface area (TPSA) is 71.3 Å². The molecule has 7 heteroatoms. The molecule has 1 N–H and O–H groups in total. The van der Waals surface area contributed by atoms with Gasteiger partial charge in [-0.1, -0.05) is 35.0 Å². The summed E-state index contributed by atoms with van der Waals surface area (Å²) in [4.78, 5) is 19.0. The largest absolute Gasteiger partial charge is 0.339 e. The van der Waals surface area contributed by atoms with Crippen molar-refractivity contribution < 1.29 is 9.32 Å². The van der Waals surface area contributed by atoms with E-state index in [2.05, 4.69) is 22.4 Å². The Kier molecular flexibility index (Phi) is 5.53. The van der Waals surface area contributed by atoms with Gasteiger partial charge < -0.3 is 14.7 Å². The number of nitrogens with zero attached hydrogens (tertiary/aromatic N) is 3. The second-order valence-corrected chi connectivity index (χ2v) is 7.89. The van der Waals surface area contributed by atoms with E-state index < -0.39 is 0 Å². The monoisotopic (exact) mass is 410 g/mol. The maximum Gasteiger partial charge on any atom is 0.321 e. The number of carbonyl (C=O) groups is 1. The summed E-state index contributed by atoms with van der Waals surface area (Å²) >= 11 is 6.04. The van der Waals surface area contributed by atoms with E-state index >= 15 is 0 Å². The Morgan fingerprint density at radius 1 is 1.14 bits per heavy atom. The Balaban J connectivity index is 1.35. The molecule has 2 aromatic carbocycles. The molecule has 0 aliphatic carbocycles. The molecule has 0 radical (unpaired) electrons. The van der Waals surface area contributed by atoms with Gasteiger partial charge in [0.15, 0.2) is 0 Å². The Labute approximate surface area is 174 Å². The van der Waals surface area contributed by atoms with Crippen LogP contribution in [0.5, 0.6) is 0 Å². The normalized spacial score (nSPS) is 14.8. The molecule has 1 saturated heterocycles. The van der Waals surface area contributed by atoms with Crippen molar-refractivity contribution in [2.45, 2.75) is 32.6 Å². The molecule has 1 fully saturated rings. The maximum atomic E-state index is 12.6. The fraction of sp³-hybridized carbons (Fsp3) is 0.318. The number of hydrogen-bond donors (Lipinski definition) is 1. The van der Waals surface area contributed by atoms with Crippen LogP contribution in [0, 0.1) is 13.8 Å². The molecule has 6 nitrogen and oxygen atoms in total. The first-order valence-corrected chi connectivity index (χ1v) is 10.1. The third-order valence-electron chi connectivity index (χ3n) is 5.41. The molecule has 150 valence electrons. The first kappa shape index (κ1) is 19.5. The van der Waals surface area contributed by atoms with Gasteiger partial charge in [-0.3, -0.25) is 0 Å². The highest BCUT2D eigenvalue weighted by Gasteiger charge is 2.27. The lowest BCUT2D eigenvalue weighted by atomic mass is 9.97. The van der Waals surface area contributed by atoms with Crippen LogP contribution in [0.25, 0.3) is 11.4 Å². The van der Waals surface area contributed by atoms with Crippen LogP contribution in [0.3, 0.4) is 0 Å². The van der Waals surface area contributed by atoms with Gasteiger partial charge in [0, 0.05) is 35.3 Å². The number of piperidine rings is 1. The van der Waals surface area contributed by atoms with Gasteiger partial charge in [0.05, 0.1) is 0 Å². The highest BCUT2D eigenvalue weighted by Crippen LogP contribution is 2.29. The molecule has 0 bridgehead atoms. The third kappa shape index (κ3) is 4.43. The molecule has 3 aromatic rings. The number of anilines is 1. The zero-order valence-electron chi connectivity index (χ0n) is 16.5. The standard InChI is InChI=1S/C22H23ClN4O2/c1-14-6-7-19(12-15(14)2)24-22(28)27-10-8-16(9-11-27)21-25-20(26-29-21)17-4-3-5-18(23)13-17/h3-7,12-13,16H,8-11H2,1-2H3,(H,24,28). The summed E-state index contributed by atoms with van der Waals surface area (Å²) in [7, 11) is 0. The number of benzene rings is 2. The predicted molar refractivity (Wildman–Crippen MR) is 113 cm³/mol. The minimum absolute atomic E-state index is 0.0724. The summed E-state index contributed by atoms with van der Waals surface area (Å²) in [6.07, 6.45) is 1.58.